The Morgan fingerprint density at radius 2 is 1.73 bits per heavy atom. The average molecular weight is 362 g/mol. The Morgan fingerprint density at radius 1 is 1.04 bits per heavy atom. The molecule has 1 aliphatic heterocycles. The fourth-order valence-electron chi connectivity index (χ4n) is 3.69. The third-order valence-electron chi connectivity index (χ3n) is 4.82. The monoisotopic (exact) mass is 362 g/mol. The van der Waals surface area contributed by atoms with Crippen LogP contribution in [0.15, 0.2) is 42.5 Å². The SMILES string of the molecule is O=C(Nc1ccc2c(c1)[C@@H](N1CCOCC1)c1ccccc1-2)C(F)(F)F. The van der Waals surface area contributed by atoms with Gasteiger partial charge in [0.1, 0.15) is 0 Å². The Labute approximate surface area is 148 Å². The van der Waals surface area contributed by atoms with Crippen molar-refractivity contribution in [1.82, 2.24) is 4.90 Å². The van der Waals surface area contributed by atoms with Gasteiger partial charge < -0.3 is 10.1 Å². The van der Waals surface area contributed by atoms with Crippen molar-refractivity contribution in [2.24, 2.45) is 0 Å². The van der Waals surface area contributed by atoms with Gasteiger partial charge in [-0.2, -0.15) is 13.2 Å². The summed E-state index contributed by atoms with van der Waals surface area (Å²) in [5.41, 5.74) is 4.25. The number of fused-ring (bicyclic) bond motifs is 3. The molecule has 1 N–H and O–H groups in total. The predicted molar refractivity (Wildman–Crippen MR) is 90.8 cm³/mol. The number of morpholine rings is 1. The van der Waals surface area contributed by atoms with E-state index in [0.29, 0.717) is 13.2 Å². The van der Waals surface area contributed by atoms with Gasteiger partial charge in [-0.3, -0.25) is 9.69 Å². The van der Waals surface area contributed by atoms with E-state index < -0.39 is 12.1 Å². The van der Waals surface area contributed by atoms with Crippen molar-refractivity contribution in [3.05, 3.63) is 53.6 Å². The topological polar surface area (TPSA) is 41.6 Å². The maximum Gasteiger partial charge on any atom is 0.471 e. The maximum atomic E-state index is 12.6. The van der Waals surface area contributed by atoms with Gasteiger partial charge in [-0.15, -0.1) is 0 Å². The van der Waals surface area contributed by atoms with Crippen LogP contribution < -0.4 is 5.32 Å². The van der Waals surface area contributed by atoms with Crippen molar-refractivity contribution in [2.75, 3.05) is 31.6 Å². The molecule has 0 spiro atoms. The van der Waals surface area contributed by atoms with Crippen LogP contribution >= 0.6 is 0 Å². The van der Waals surface area contributed by atoms with Crippen LogP contribution in [-0.2, 0) is 9.53 Å². The molecule has 1 amide bonds. The molecule has 4 nitrogen and oxygen atoms in total. The fraction of sp³-hybridized carbons (Fsp3) is 0.316. The van der Waals surface area contributed by atoms with Crippen molar-refractivity contribution in [1.29, 1.82) is 0 Å². The molecule has 1 saturated heterocycles. The minimum Gasteiger partial charge on any atom is -0.379 e. The van der Waals surface area contributed by atoms with Crippen LogP contribution in [0.25, 0.3) is 11.1 Å². The van der Waals surface area contributed by atoms with Crippen LogP contribution in [0, 0.1) is 0 Å². The largest absolute Gasteiger partial charge is 0.471 e. The van der Waals surface area contributed by atoms with Crippen LogP contribution in [0.4, 0.5) is 18.9 Å². The van der Waals surface area contributed by atoms with Gasteiger partial charge in [0, 0.05) is 18.8 Å². The molecule has 26 heavy (non-hydrogen) atoms. The molecule has 4 rings (SSSR count). The fourth-order valence-corrected chi connectivity index (χ4v) is 3.69. The first-order valence-electron chi connectivity index (χ1n) is 8.38. The summed E-state index contributed by atoms with van der Waals surface area (Å²) in [5, 5.41) is 1.95. The number of nitrogens with zero attached hydrogens (tertiary/aromatic N) is 1. The van der Waals surface area contributed by atoms with E-state index in [9.17, 15) is 18.0 Å². The number of halogens is 3. The lowest BCUT2D eigenvalue weighted by Crippen LogP contribution is -2.38. The van der Waals surface area contributed by atoms with E-state index in [1.54, 1.807) is 12.1 Å². The molecule has 1 atom stereocenters. The summed E-state index contributed by atoms with van der Waals surface area (Å²) in [4.78, 5) is 13.5. The number of benzene rings is 2. The Hall–Kier alpha value is -2.38. The van der Waals surface area contributed by atoms with E-state index in [0.717, 1.165) is 35.3 Å². The summed E-state index contributed by atoms with van der Waals surface area (Å²) in [6.45, 7) is 2.74. The lowest BCUT2D eigenvalue weighted by molar-refractivity contribution is -0.167. The summed E-state index contributed by atoms with van der Waals surface area (Å²) >= 11 is 0. The summed E-state index contributed by atoms with van der Waals surface area (Å²) < 4.78 is 43.1. The van der Waals surface area contributed by atoms with Crippen LogP contribution in [0.5, 0.6) is 0 Å². The average Bonchev–Trinajstić information content (AvgIpc) is 2.95. The van der Waals surface area contributed by atoms with Crippen LogP contribution in [0.2, 0.25) is 0 Å². The van der Waals surface area contributed by atoms with Crippen molar-refractivity contribution < 1.29 is 22.7 Å². The lowest BCUT2D eigenvalue weighted by Gasteiger charge is -2.33. The molecule has 136 valence electrons. The maximum absolute atomic E-state index is 12.6. The Kier molecular flexibility index (Phi) is 4.20. The first kappa shape index (κ1) is 17.1. The quantitative estimate of drug-likeness (QED) is 0.888. The summed E-state index contributed by atoms with van der Waals surface area (Å²) in [5.74, 6) is -1.96. The molecule has 2 aromatic carbocycles. The van der Waals surface area contributed by atoms with Crippen molar-refractivity contribution in [3.8, 4) is 11.1 Å². The standard InChI is InChI=1S/C19H17F3N2O2/c20-19(21,22)18(25)23-12-5-6-14-13-3-1-2-4-15(13)17(16(14)11-12)24-7-9-26-10-8-24/h1-6,11,17H,7-10H2,(H,23,25)/t17-/m0/s1. The van der Waals surface area contributed by atoms with Crippen LogP contribution in [-0.4, -0.2) is 43.3 Å². The molecule has 0 saturated carbocycles. The van der Waals surface area contributed by atoms with Gasteiger partial charge in [-0.1, -0.05) is 30.3 Å². The van der Waals surface area contributed by atoms with E-state index in [2.05, 4.69) is 4.90 Å². The van der Waals surface area contributed by atoms with E-state index in [4.69, 9.17) is 4.74 Å². The molecule has 0 radical (unpaired) electrons. The number of carbonyl (C=O) groups excluding carboxylic acids is 1. The van der Waals surface area contributed by atoms with Gasteiger partial charge in [-0.25, -0.2) is 0 Å². The number of hydrogen-bond acceptors (Lipinski definition) is 3. The molecule has 1 fully saturated rings. The van der Waals surface area contributed by atoms with Crippen molar-refractivity contribution >= 4 is 11.6 Å². The van der Waals surface area contributed by atoms with Gasteiger partial charge in [-0.05, 0) is 34.4 Å². The molecule has 2 aromatic rings. The molecule has 1 aliphatic carbocycles. The third kappa shape index (κ3) is 2.97. The highest BCUT2D eigenvalue weighted by Crippen LogP contribution is 2.47. The number of anilines is 1. The number of alkyl halides is 3. The van der Waals surface area contributed by atoms with E-state index in [1.807, 2.05) is 29.6 Å². The lowest BCUT2D eigenvalue weighted by atomic mass is 10.0. The molecular weight excluding hydrogens is 345 g/mol. The van der Waals surface area contributed by atoms with Gasteiger partial charge in [0.25, 0.3) is 0 Å². The van der Waals surface area contributed by atoms with E-state index >= 15 is 0 Å². The molecule has 7 heteroatoms. The molecule has 0 bridgehead atoms. The number of amides is 1. The zero-order valence-electron chi connectivity index (χ0n) is 13.8. The normalized spacial score (nSPS) is 19.7. The highest BCUT2D eigenvalue weighted by molar-refractivity contribution is 5.95. The number of hydrogen-bond donors (Lipinski definition) is 1. The minimum absolute atomic E-state index is 0.0483. The van der Waals surface area contributed by atoms with E-state index in [-0.39, 0.29) is 11.7 Å². The smallest absolute Gasteiger partial charge is 0.379 e. The van der Waals surface area contributed by atoms with E-state index in [1.165, 1.54) is 6.07 Å². The number of nitrogens with one attached hydrogen (secondary N) is 1. The second-order valence-electron chi connectivity index (χ2n) is 6.39. The van der Waals surface area contributed by atoms with Crippen molar-refractivity contribution in [2.45, 2.75) is 12.2 Å². The zero-order chi connectivity index (χ0) is 18.3. The highest BCUT2D eigenvalue weighted by atomic mass is 19.4. The second kappa shape index (κ2) is 6.41. The minimum atomic E-state index is -4.91. The van der Waals surface area contributed by atoms with Gasteiger partial charge >= 0.3 is 12.1 Å². The van der Waals surface area contributed by atoms with Crippen LogP contribution in [0.3, 0.4) is 0 Å². The van der Waals surface area contributed by atoms with Gasteiger partial charge in [0.05, 0.1) is 19.3 Å². The first-order chi connectivity index (χ1) is 12.4. The van der Waals surface area contributed by atoms with Crippen molar-refractivity contribution in [3.63, 3.8) is 0 Å². The van der Waals surface area contributed by atoms with Crippen LogP contribution in [0.1, 0.15) is 17.2 Å². The number of rotatable bonds is 2. The Balaban J connectivity index is 1.73. The molecule has 2 aliphatic rings. The number of carbonyl (C=O) groups is 1. The third-order valence-corrected chi connectivity index (χ3v) is 4.82. The second-order valence-corrected chi connectivity index (χ2v) is 6.39. The number of ether oxygens (including phenoxy) is 1. The summed E-state index contributed by atoms with van der Waals surface area (Å²) in [6.07, 6.45) is -4.91. The summed E-state index contributed by atoms with van der Waals surface area (Å²) in [6, 6.07) is 12.9. The summed E-state index contributed by atoms with van der Waals surface area (Å²) in [7, 11) is 0. The first-order valence-corrected chi connectivity index (χ1v) is 8.38. The molecule has 1 heterocycles. The Bertz CT molecular complexity index is 845. The zero-order valence-corrected chi connectivity index (χ0v) is 13.8. The predicted octanol–water partition coefficient (Wildman–Crippen LogP) is 3.59. The highest BCUT2D eigenvalue weighted by Gasteiger charge is 2.39. The molecule has 0 aromatic heterocycles. The molecule has 0 unspecified atom stereocenters. The molecular formula is C19H17F3N2O2. The van der Waals surface area contributed by atoms with Gasteiger partial charge in [0.2, 0.25) is 0 Å². The van der Waals surface area contributed by atoms with Gasteiger partial charge in [0.15, 0.2) is 0 Å². The Morgan fingerprint density at radius 3 is 2.46 bits per heavy atom.